The van der Waals surface area contributed by atoms with Crippen molar-refractivity contribution in [1.82, 2.24) is 4.90 Å². The molecule has 1 heterocycles. The van der Waals surface area contributed by atoms with Crippen molar-refractivity contribution < 1.29 is 14.7 Å². The number of carboxylic acids is 1. The minimum absolute atomic E-state index is 0.0193. The van der Waals surface area contributed by atoms with Crippen LogP contribution in [0.4, 0.5) is 10.5 Å². The van der Waals surface area contributed by atoms with Crippen LogP contribution >= 0.6 is 11.6 Å². The molecule has 2 N–H and O–H groups in total. The predicted octanol–water partition coefficient (Wildman–Crippen LogP) is 3.83. The Bertz CT molecular complexity index is 552. The second-order valence-electron chi connectivity index (χ2n) is 5.47. The third-order valence-electron chi connectivity index (χ3n) is 3.88. The fourth-order valence-electron chi connectivity index (χ4n) is 2.78. The van der Waals surface area contributed by atoms with Crippen LogP contribution in [0.2, 0.25) is 5.02 Å². The number of nitrogens with one attached hydrogen (secondary N) is 1. The lowest BCUT2D eigenvalue weighted by molar-refractivity contribution is 0.0697. The Morgan fingerprint density at radius 2 is 1.90 bits per heavy atom. The number of piperidine rings is 1. The van der Waals surface area contributed by atoms with Crippen LogP contribution in [0, 0.1) is 0 Å². The highest BCUT2D eigenvalue weighted by Crippen LogP contribution is 2.25. The van der Waals surface area contributed by atoms with Crippen molar-refractivity contribution in [2.24, 2.45) is 0 Å². The molecule has 1 aromatic carbocycles. The number of hydrogen-bond donors (Lipinski definition) is 2. The van der Waals surface area contributed by atoms with E-state index in [0.717, 1.165) is 19.3 Å². The molecule has 0 bridgehead atoms. The molecule has 0 unspecified atom stereocenters. The molecule has 2 rings (SSSR count). The van der Waals surface area contributed by atoms with Gasteiger partial charge in [-0.2, -0.15) is 0 Å². The molecular weight excluding hydrogens is 292 g/mol. The van der Waals surface area contributed by atoms with Crippen LogP contribution in [-0.2, 0) is 0 Å². The summed E-state index contributed by atoms with van der Waals surface area (Å²) >= 11 is 5.82. The van der Waals surface area contributed by atoms with E-state index in [1.807, 2.05) is 18.7 Å². The number of carboxylic acid groups (broad SMARTS) is 1. The van der Waals surface area contributed by atoms with Crippen molar-refractivity contribution in [2.75, 3.05) is 5.32 Å². The Balaban J connectivity index is 2.15. The van der Waals surface area contributed by atoms with Crippen LogP contribution in [0.1, 0.15) is 43.5 Å². The maximum absolute atomic E-state index is 12.4. The number of carbonyl (C=O) groups is 2. The molecule has 0 radical (unpaired) electrons. The highest BCUT2D eigenvalue weighted by atomic mass is 35.5. The van der Waals surface area contributed by atoms with E-state index in [0.29, 0.717) is 5.69 Å². The predicted molar refractivity (Wildman–Crippen MR) is 82.0 cm³/mol. The van der Waals surface area contributed by atoms with E-state index in [1.54, 1.807) is 6.07 Å². The van der Waals surface area contributed by atoms with Crippen molar-refractivity contribution in [3.63, 3.8) is 0 Å². The average Bonchev–Trinajstić information content (AvgIpc) is 2.40. The zero-order valence-corrected chi connectivity index (χ0v) is 12.9. The van der Waals surface area contributed by atoms with Crippen molar-refractivity contribution in [3.05, 3.63) is 28.8 Å². The molecule has 1 fully saturated rings. The van der Waals surface area contributed by atoms with Gasteiger partial charge in [0.15, 0.2) is 0 Å². The molecule has 1 saturated heterocycles. The number of aromatic carboxylic acids is 1. The number of rotatable bonds is 2. The summed E-state index contributed by atoms with van der Waals surface area (Å²) in [5.74, 6) is -1.11. The van der Waals surface area contributed by atoms with Gasteiger partial charge in [0.2, 0.25) is 0 Å². The first-order chi connectivity index (χ1) is 9.90. The van der Waals surface area contributed by atoms with Gasteiger partial charge in [-0.05, 0) is 51.3 Å². The summed E-state index contributed by atoms with van der Waals surface area (Å²) in [7, 11) is 0. The van der Waals surface area contributed by atoms with Crippen LogP contribution in [0.15, 0.2) is 18.2 Å². The van der Waals surface area contributed by atoms with Gasteiger partial charge in [0.25, 0.3) is 0 Å². The lowest BCUT2D eigenvalue weighted by Crippen LogP contribution is -2.49. The van der Waals surface area contributed by atoms with Crippen LogP contribution in [-0.4, -0.2) is 34.1 Å². The maximum atomic E-state index is 12.4. The Labute approximate surface area is 128 Å². The third kappa shape index (κ3) is 3.47. The molecular formula is C15H19ClN2O3. The summed E-state index contributed by atoms with van der Waals surface area (Å²) in [6, 6.07) is 4.62. The van der Waals surface area contributed by atoms with E-state index in [4.69, 9.17) is 16.7 Å². The Hall–Kier alpha value is -1.75. The first-order valence-electron chi connectivity index (χ1n) is 7.02. The second-order valence-corrected chi connectivity index (χ2v) is 5.87. The van der Waals surface area contributed by atoms with Crippen molar-refractivity contribution >= 4 is 29.3 Å². The van der Waals surface area contributed by atoms with Gasteiger partial charge in [0, 0.05) is 17.8 Å². The summed E-state index contributed by atoms with van der Waals surface area (Å²) < 4.78 is 0. The number of amides is 2. The lowest BCUT2D eigenvalue weighted by atomic mass is 9.98. The van der Waals surface area contributed by atoms with Crippen LogP contribution in [0.25, 0.3) is 0 Å². The van der Waals surface area contributed by atoms with Crippen molar-refractivity contribution in [1.29, 1.82) is 0 Å². The molecule has 0 saturated carbocycles. The largest absolute Gasteiger partial charge is 0.478 e. The van der Waals surface area contributed by atoms with Gasteiger partial charge in [-0.1, -0.05) is 11.6 Å². The minimum Gasteiger partial charge on any atom is -0.478 e. The highest BCUT2D eigenvalue weighted by Gasteiger charge is 2.29. The smallest absolute Gasteiger partial charge is 0.337 e. The van der Waals surface area contributed by atoms with Crippen LogP contribution < -0.4 is 5.32 Å². The Morgan fingerprint density at radius 3 is 2.48 bits per heavy atom. The number of nitrogens with zero attached hydrogens (tertiary/aromatic N) is 1. The van der Waals surface area contributed by atoms with Crippen LogP contribution in [0.3, 0.4) is 0 Å². The van der Waals surface area contributed by atoms with Crippen molar-refractivity contribution in [3.8, 4) is 0 Å². The topological polar surface area (TPSA) is 69.6 Å². The molecule has 21 heavy (non-hydrogen) atoms. The molecule has 1 aliphatic rings. The molecule has 6 heteroatoms. The van der Waals surface area contributed by atoms with Gasteiger partial charge in [0.1, 0.15) is 0 Å². The third-order valence-corrected chi connectivity index (χ3v) is 4.21. The number of anilines is 1. The molecule has 1 aromatic rings. The first kappa shape index (κ1) is 15.6. The Morgan fingerprint density at radius 1 is 1.29 bits per heavy atom. The average molecular weight is 311 g/mol. The van der Waals surface area contributed by atoms with Gasteiger partial charge >= 0.3 is 12.0 Å². The van der Waals surface area contributed by atoms with Gasteiger partial charge in [0.05, 0.1) is 10.6 Å². The zero-order valence-electron chi connectivity index (χ0n) is 12.1. The molecule has 0 aromatic heterocycles. The van der Waals surface area contributed by atoms with Gasteiger partial charge in [-0.15, -0.1) is 0 Å². The molecule has 114 valence electrons. The summed E-state index contributed by atoms with van der Waals surface area (Å²) in [6.45, 7) is 4.06. The first-order valence-corrected chi connectivity index (χ1v) is 7.40. The fourth-order valence-corrected chi connectivity index (χ4v) is 2.97. The zero-order chi connectivity index (χ0) is 15.6. The number of hydrogen-bond acceptors (Lipinski definition) is 2. The normalized spacial score (nSPS) is 22.0. The SMILES string of the molecule is C[C@@H]1CCC[C@H](C)N1C(=O)Nc1ccc(Cl)c(C(=O)O)c1. The summed E-state index contributed by atoms with van der Waals surface area (Å²) in [6.07, 6.45) is 3.09. The number of halogens is 1. The molecule has 0 spiro atoms. The van der Waals surface area contributed by atoms with E-state index < -0.39 is 5.97 Å². The number of urea groups is 1. The van der Waals surface area contributed by atoms with E-state index >= 15 is 0 Å². The number of likely N-dealkylation sites (tertiary alicyclic amines) is 1. The number of benzene rings is 1. The number of carbonyl (C=O) groups excluding carboxylic acids is 1. The minimum atomic E-state index is -1.11. The quantitative estimate of drug-likeness (QED) is 0.872. The monoisotopic (exact) mass is 310 g/mol. The second kappa shape index (κ2) is 6.35. The van der Waals surface area contributed by atoms with Crippen molar-refractivity contribution in [2.45, 2.75) is 45.2 Å². The fraction of sp³-hybridized carbons (Fsp3) is 0.467. The standard InChI is InChI=1S/C15H19ClN2O3/c1-9-4-3-5-10(2)18(9)15(21)17-11-6-7-13(16)12(8-11)14(19)20/h6-10H,3-5H2,1-2H3,(H,17,21)(H,19,20)/t9-,10+. The van der Waals surface area contributed by atoms with E-state index in [1.165, 1.54) is 12.1 Å². The van der Waals surface area contributed by atoms with E-state index in [2.05, 4.69) is 5.32 Å². The maximum Gasteiger partial charge on any atom is 0.337 e. The van der Waals surface area contributed by atoms with Gasteiger partial charge < -0.3 is 15.3 Å². The highest BCUT2D eigenvalue weighted by molar-refractivity contribution is 6.33. The summed E-state index contributed by atoms with van der Waals surface area (Å²) in [5, 5.41) is 12.0. The lowest BCUT2D eigenvalue weighted by Gasteiger charge is -2.38. The van der Waals surface area contributed by atoms with Crippen LogP contribution in [0.5, 0.6) is 0 Å². The van der Waals surface area contributed by atoms with E-state index in [9.17, 15) is 9.59 Å². The molecule has 0 aliphatic carbocycles. The molecule has 1 aliphatic heterocycles. The van der Waals surface area contributed by atoms with Gasteiger partial charge in [-0.3, -0.25) is 0 Å². The molecule has 5 nitrogen and oxygen atoms in total. The summed E-state index contributed by atoms with van der Waals surface area (Å²) in [5.41, 5.74) is 0.418. The van der Waals surface area contributed by atoms with Gasteiger partial charge in [-0.25, -0.2) is 9.59 Å². The molecule has 2 atom stereocenters. The Kier molecular flexibility index (Phi) is 4.73. The molecule has 2 amide bonds. The summed E-state index contributed by atoms with van der Waals surface area (Å²) in [4.78, 5) is 25.3. The van der Waals surface area contributed by atoms with E-state index in [-0.39, 0.29) is 28.7 Å².